The number of amides is 1. The lowest BCUT2D eigenvalue weighted by Gasteiger charge is -2.12. The zero-order valence-electron chi connectivity index (χ0n) is 9.20. The molecule has 0 radical (unpaired) electrons. The molecule has 0 bridgehead atoms. The van der Waals surface area contributed by atoms with Crippen LogP contribution in [0, 0.1) is 0 Å². The van der Waals surface area contributed by atoms with Crippen molar-refractivity contribution in [3.8, 4) is 0 Å². The predicted molar refractivity (Wildman–Crippen MR) is 63.0 cm³/mol. The highest BCUT2D eigenvalue weighted by molar-refractivity contribution is 6.29. The molecule has 0 atom stereocenters. The van der Waals surface area contributed by atoms with Crippen LogP contribution in [0.15, 0.2) is 12.1 Å². The van der Waals surface area contributed by atoms with Crippen LogP contribution in [0.3, 0.4) is 0 Å². The molecule has 1 heterocycles. The smallest absolute Gasteiger partial charge is 0.251 e. The van der Waals surface area contributed by atoms with E-state index in [1.165, 1.54) is 6.07 Å². The highest BCUT2D eigenvalue weighted by Crippen LogP contribution is 2.16. The zero-order valence-corrected chi connectivity index (χ0v) is 9.95. The van der Waals surface area contributed by atoms with Gasteiger partial charge in [0.1, 0.15) is 11.0 Å². The minimum atomic E-state index is -0.276. The second-order valence-electron chi connectivity index (χ2n) is 3.41. The van der Waals surface area contributed by atoms with Gasteiger partial charge in [0, 0.05) is 26.2 Å². The van der Waals surface area contributed by atoms with Crippen molar-refractivity contribution in [2.45, 2.75) is 0 Å². The Balaban J connectivity index is 2.91. The number of hydrogen-bond donors (Lipinski definition) is 2. The quantitative estimate of drug-likeness (QED) is 0.757. The first-order chi connectivity index (χ1) is 7.54. The van der Waals surface area contributed by atoms with Crippen LogP contribution in [0.2, 0.25) is 5.15 Å². The van der Waals surface area contributed by atoms with Crippen molar-refractivity contribution >= 4 is 23.3 Å². The van der Waals surface area contributed by atoms with Gasteiger partial charge in [-0.3, -0.25) is 4.79 Å². The van der Waals surface area contributed by atoms with Crippen molar-refractivity contribution in [1.82, 2.24) is 10.3 Å². The molecule has 0 aliphatic carbocycles. The third kappa shape index (κ3) is 3.36. The van der Waals surface area contributed by atoms with Crippen LogP contribution < -0.4 is 10.2 Å². The third-order valence-corrected chi connectivity index (χ3v) is 2.09. The fraction of sp³-hybridized carbons (Fsp3) is 0.400. The standard InChI is InChI=1S/C10H14ClN3O2/c1-14(2)9-6-7(5-8(11)13-9)10(16)12-3-4-15/h5-6,15H,3-4H2,1-2H3,(H,12,16). The Bertz CT molecular complexity index is 382. The number of rotatable bonds is 4. The fourth-order valence-corrected chi connectivity index (χ4v) is 1.32. The predicted octanol–water partition coefficient (Wildman–Crippen LogP) is 0.523. The molecule has 5 nitrogen and oxygen atoms in total. The molecule has 16 heavy (non-hydrogen) atoms. The van der Waals surface area contributed by atoms with Crippen LogP contribution >= 0.6 is 11.6 Å². The lowest BCUT2D eigenvalue weighted by Crippen LogP contribution is -2.26. The number of halogens is 1. The molecule has 0 aliphatic heterocycles. The molecule has 0 aliphatic rings. The molecule has 1 aromatic rings. The number of aliphatic hydroxyl groups is 1. The van der Waals surface area contributed by atoms with Gasteiger partial charge >= 0.3 is 0 Å². The van der Waals surface area contributed by atoms with E-state index in [-0.39, 0.29) is 24.2 Å². The minimum Gasteiger partial charge on any atom is -0.395 e. The fourth-order valence-electron chi connectivity index (χ4n) is 1.11. The van der Waals surface area contributed by atoms with Gasteiger partial charge in [-0.15, -0.1) is 0 Å². The monoisotopic (exact) mass is 243 g/mol. The van der Waals surface area contributed by atoms with E-state index in [1.807, 2.05) is 14.1 Å². The molecule has 0 spiro atoms. The van der Waals surface area contributed by atoms with Gasteiger partial charge in [-0.2, -0.15) is 0 Å². The molecule has 88 valence electrons. The third-order valence-electron chi connectivity index (χ3n) is 1.90. The van der Waals surface area contributed by atoms with E-state index < -0.39 is 0 Å². The van der Waals surface area contributed by atoms with Crippen LogP contribution in [-0.4, -0.2) is 43.2 Å². The van der Waals surface area contributed by atoms with Crippen LogP contribution in [0.5, 0.6) is 0 Å². The molecule has 1 amide bonds. The summed E-state index contributed by atoms with van der Waals surface area (Å²) in [7, 11) is 3.63. The second kappa shape index (κ2) is 5.67. The Morgan fingerprint density at radius 3 is 2.81 bits per heavy atom. The summed E-state index contributed by atoms with van der Waals surface area (Å²) in [6, 6.07) is 3.12. The number of carbonyl (C=O) groups excluding carboxylic acids is 1. The molecule has 0 saturated heterocycles. The number of aliphatic hydroxyl groups excluding tert-OH is 1. The van der Waals surface area contributed by atoms with Crippen LogP contribution in [0.1, 0.15) is 10.4 Å². The average molecular weight is 244 g/mol. The van der Waals surface area contributed by atoms with Crippen molar-refractivity contribution in [1.29, 1.82) is 0 Å². The van der Waals surface area contributed by atoms with Gasteiger partial charge < -0.3 is 15.3 Å². The first kappa shape index (κ1) is 12.7. The van der Waals surface area contributed by atoms with Crippen LogP contribution in [0.25, 0.3) is 0 Å². The number of pyridine rings is 1. The second-order valence-corrected chi connectivity index (χ2v) is 3.80. The van der Waals surface area contributed by atoms with Gasteiger partial charge in [0.25, 0.3) is 5.91 Å². The lowest BCUT2D eigenvalue weighted by atomic mass is 10.2. The molecular formula is C10H14ClN3O2. The zero-order chi connectivity index (χ0) is 12.1. The molecule has 0 saturated carbocycles. The lowest BCUT2D eigenvalue weighted by molar-refractivity contribution is 0.0944. The molecule has 2 N–H and O–H groups in total. The summed E-state index contributed by atoms with van der Waals surface area (Å²) < 4.78 is 0. The summed E-state index contributed by atoms with van der Waals surface area (Å²) in [5.74, 6) is 0.336. The number of hydrogen-bond acceptors (Lipinski definition) is 4. The molecule has 1 aromatic heterocycles. The van der Waals surface area contributed by atoms with Crippen molar-refractivity contribution in [3.63, 3.8) is 0 Å². The van der Waals surface area contributed by atoms with Crippen LogP contribution in [0.4, 0.5) is 5.82 Å². The first-order valence-electron chi connectivity index (χ1n) is 4.78. The summed E-state index contributed by atoms with van der Waals surface area (Å²) in [5, 5.41) is 11.4. The molecule has 0 fully saturated rings. The Hall–Kier alpha value is -1.33. The number of carbonyl (C=O) groups is 1. The van der Waals surface area contributed by atoms with Crippen molar-refractivity contribution < 1.29 is 9.90 Å². The van der Waals surface area contributed by atoms with Crippen molar-refractivity contribution in [3.05, 3.63) is 22.8 Å². The van der Waals surface area contributed by atoms with E-state index in [2.05, 4.69) is 10.3 Å². The average Bonchev–Trinajstić information content (AvgIpc) is 2.24. The maximum Gasteiger partial charge on any atom is 0.251 e. The molecular weight excluding hydrogens is 230 g/mol. The van der Waals surface area contributed by atoms with Crippen LogP contribution in [-0.2, 0) is 0 Å². The number of anilines is 1. The topological polar surface area (TPSA) is 65.5 Å². The first-order valence-corrected chi connectivity index (χ1v) is 5.16. The Morgan fingerprint density at radius 1 is 1.56 bits per heavy atom. The van der Waals surface area contributed by atoms with E-state index >= 15 is 0 Å². The number of nitrogens with zero attached hydrogens (tertiary/aromatic N) is 2. The summed E-state index contributed by atoms with van der Waals surface area (Å²) in [5.41, 5.74) is 0.428. The normalized spacial score (nSPS) is 10.0. The Labute approximate surface area is 99.0 Å². The highest BCUT2D eigenvalue weighted by atomic mass is 35.5. The number of nitrogens with one attached hydrogen (secondary N) is 1. The molecule has 6 heteroatoms. The molecule has 1 rings (SSSR count). The maximum atomic E-state index is 11.6. The largest absolute Gasteiger partial charge is 0.395 e. The number of aromatic nitrogens is 1. The Morgan fingerprint density at radius 2 is 2.25 bits per heavy atom. The summed E-state index contributed by atoms with van der Waals surface area (Å²) in [6.07, 6.45) is 0. The van der Waals surface area contributed by atoms with E-state index in [0.717, 1.165) is 0 Å². The van der Waals surface area contributed by atoms with Gasteiger partial charge in [-0.1, -0.05) is 11.6 Å². The van der Waals surface area contributed by atoms with Gasteiger partial charge in [-0.25, -0.2) is 4.98 Å². The van der Waals surface area contributed by atoms with Crippen molar-refractivity contribution in [2.24, 2.45) is 0 Å². The van der Waals surface area contributed by atoms with E-state index in [1.54, 1.807) is 11.0 Å². The minimum absolute atomic E-state index is 0.0922. The molecule has 0 unspecified atom stereocenters. The summed E-state index contributed by atoms with van der Waals surface area (Å²) >= 11 is 5.81. The SMILES string of the molecule is CN(C)c1cc(C(=O)NCCO)cc(Cl)n1. The summed E-state index contributed by atoms with van der Waals surface area (Å²) in [4.78, 5) is 17.4. The van der Waals surface area contributed by atoms with Crippen molar-refractivity contribution in [2.75, 3.05) is 32.1 Å². The van der Waals surface area contributed by atoms with Gasteiger partial charge in [0.15, 0.2) is 0 Å². The summed E-state index contributed by atoms with van der Waals surface area (Å²) in [6.45, 7) is 0.126. The van der Waals surface area contributed by atoms with Gasteiger partial charge in [-0.05, 0) is 12.1 Å². The molecule has 0 aromatic carbocycles. The Kier molecular flexibility index (Phi) is 4.52. The van der Waals surface area contributed by atoms with Gasteiger partial charge in [0.05, 0.1) is 6.61 Å². The van der Waals surface area contributed by atoms with E-state index in [4.69, 9.17) is 16.7 Å². The van der Waals surface area contributed by atoms with E-state index in [9.17, 15) is 4.79 Å². The van der Waals surface area contributed by atoms with E-state index in [0.29, 0.717) is 11.4 Å². The maximum absolute atomic E-state index is 11.6. The highest BCUT2D eigenvalue weighted by Gasteiger charge is 2.09. The van der Waals surface area contributed by atoms with Gasteiger partial charge in [0.2, 0.25) is 0 Å².